The number of ether oxygens (including phenoxy) is 1. The lowest BCUT2D eigenvalue weighted by Crippen LogP contribution is -2.48. The number of piperidine rings is 1. The molecule has 1 unspecified atom stereocenters. The number of hydrogen-bond donors (Lipinski definition) is 2. The number of alkyl halides is 2. The molecule has 1 aromatic rings. The average molecular weight is 395 g/mol. The van der Waals surface area contributed by atoms with Crippen LogP contribution in [0.5, 0.6) is 5.75 Å². The van der Waals surface area contributed by atoms with Crippen LogP contribution in [0, 0.1) is 5.92 Å². The molecule has 2 fully saturated rings. The normalized spacial score (nSPS) is 20.3. The zero-order valence-corrected chi connectivity index (χ0v) is 16.5. The van der Waals surface area contributed by atoms with Gasteiger partial charge in [0, 0.05) is 25.7 Å². The van der Waals surface area contributed by atoms with E-state index < -0.39 is 6.61 Å². The molecule has 0 aromatic heterocycles. The Balaban J connectivity index is 1.40. The predicted octanol–water partition coefficient (Wildman–Crippen LogP) is 4.30. The van der Waals surface area contributed by atoms with Crippen molar-refractivity contribution >= 4 is 6.03 Å². The van der Waals surface area contributed by atoms with E-state index in [1.807, 2.05) is 6.92 Å². The van der Waals surface area contributed by atoms with Crippen LogP contribution in [0.4, 0.5) is 13.6 Å². The molecule has 1 aliphatic heterocycles. The van der Waals surface area contributed by atoms with Gasteiger partial charge in [-0.3, -0.25) is 0 Å². The van der Waals surface area contributed by atoms with Crippen LogP contribution in [0.25, 0.3) is 0 Å². The Morgan fingerprint density at radius 2 is 1.93 bits per heavy atom. The largest absolute Gasteiger partial charge is 0.435 e. The lowest BCUT2D eigenvalue weighted by Gasteiger charge is -2.34. The van der Waals surface area contributed by atoms with Gasteiger partial charge in [-0.25, -0.2) is 4.79 Å². The molecule has 3 rings (SSSR count). The highest BCUT2D eigenvalue weighted by Gasteiger charge is 2.24. The first-order chi connectivity index (χ1) is 13.5. The average Bonchev–Trinajstić information content (AvgIpc) is 3.16. The Morgan fingerprint density at radius 1 is 1.21 bits per heavy atom. The molecule has 1 saturated carbocycles. The van der Waals surface area contributed by atoms with Crippen molar-refractivity contribution in [3.8, 4) is 5.75 Å². The highest BCUT2D eigenvalue weighted by molar-refractivity contribution is 5.74. The van der Waals surface area contributed by atoms with Crippen LogP contribution in [-0.2, 0) is 0 Å². The van der Waals surface area contributed by atoms with Gasteiger partial charge < -0.3 is 20.3 Å². The van der Waals surface area contributed by atoms with E-state index in [-0.39, 0.29) is 23.9 Å². The van der Waals surface area contributed by atoms with Crippen molar-refractivity contribution in [3.63, 3.8) is 0 Å². The molecule has 1 heterocycles. The molecular weight excluding hydrogens is 364 g/mol. The van der Waals surface area contributed by atoms with Gasteiger partial charge in [0.2, 0.25) is 0 Å². The van der Waals surface area contributed by atoms with E-state index in [2.05, 4.69) is 20.3 Å². The van der Waals surface area contributed by atoms with E-state index in [0.29, 0.717) is 0 Å². The summed E-state index contributed by atoms with van der Waals surface area (Å²) in [6, 6.07) is 6.08. The van der Waals surface area contributed by atoms with Gasteiger partial charge in [-0.05, 0) is 56.2 Å². The summed E-state index contributed by atoms with van der Waals surface area (Å²) < 4.78 is 29.1. The maximum absolute atomic E-state index is 12.4. The van der Waals surface area contributed by atoms with Gasteiger partial charge in [0.1, 0.15) is 5.75 Å². The quantitative estimate of drug-likeness (QED) is 0.724. The topological polar surface area (TPSA) is 53.6 Å². The predicted molar refractivity (Wildman–Crippen MR) is 105 cm³/mol. The molecule has 2 aliphatic rings. The fourth-order valence-electron chi connectivity index (χ4n) is 4.29. The van der Waals surface area contributed by atoms with Gasteiger partial charge in [-0.15, -0.1) is 0 Å². The third kappa shape index (κ3) is 6.33. The summed E-state index contributed by atoms with van der Waals surface area (Å²) in [6.45, 7) is 2.23. The Bertz CT molecular complexity index is 630. The molecule has 1 saturated heterocycles. The second-order valence-electron chi connectivity index (χ2n) is 8.02. The standard InChI is InChI=1S/C21H31F2N3O2/c1-15(17-7-4-8-19(13-17)28-20(22)23)24-21(27)25-18-9-11-26(12-10-18)14-16-5-2-3-6-16/h4,7-8,13,15-16,18,20H,2-3,5-6,9-12,14H2,1H3,(H2,24,25,27). The lowest BCUT2D eigenvalue weighted by atomic mass is 10.0. The molecule has 0 radical (unpaired) electrons. The van der Waals surface area contributed by atoms with Crippen molar-refractivity contribution in [2.75, 3.05) is 19.6 Å². The molecule has 2 N–H and O–H groups in total. The smallest absolute Gasteiger partial charge is 0.387 e. The van der Waals surface area contributed by atoms with E-state index in [1.54, 1.807) is 12.1 Å². The van der Waals surface area contributed by atoms with Gasteiger partial charge in [-0.2, -0.15) is 8.78 Å². The van der Waals surface area contributed by atoms with Crippen LogP contribution < -0.4 is 15.4 Å². The van der Waals surface area contributed by atoms with E-state index in [1.165, 1.54) is 44.4 Å². The number of benzene rings is 1. The summed E-state index contributed by atoms with van der Waals surface area (Å²) >= 11 is 0. The van der Waals surface area contributed by atoms with Crippen molar-refractivity contribution in [2.24, 2.45) is 5.92 Å². The van der Waals surface area contributed by atoms with E-state index >= 15 is 0 Å². The maximum Gasteiger partial charge on any atom is 0.387 e. The second kappa shape index (κ2) is 10.0. The summed E-state index contributed by atoms with van der Waals surface area (Å²) in [7, 11) is 0. The summed E-state index contributed by atoms with van der Waals surface area (Å²) in [4.78, 5) is 14.9. The van der Waals surface area contributed by atoms with Gasteiger partial charge >= 0.3 is 12.6 Å². The number of rotatable bonds is 7. The van der Waals surface area contributed by atoms with Crippen molar-refractivity contribution < 1.29 is 18.3 Å². The zero-order chi connectivity index (χ0) is 19.9. The highest BCUT2D eigenvalue weighted by Crippen LogP contribution is 2.26. The number of hydrogen-bond acceptors (Lipinski definition) is 3. The van der Waals surface area contributed by atoms with E-state index in [0.717, 1.165) is 37.4 Å². The van der Waals surface area contributed by atoms with Crippen LogP contribution in [0.3, 0.4) is 0 Å². The molecule has 2 amide bonds. The zero-order valence-electron chi connectivity index (χ0n) is 16.5. The van der Waals surface area contributed by atoms with Crippen molar-refractivity contribution in [1.29, 1.82) is 0 Å². The lowest BCUT2D eigenvalue weighted by molar-refractivity contribution is -0.0499. The number of nitrogens with zero attached hydrogens (tertiary/aromatic N) is 1. The molecular formula is C21H31F2N3O2. The summed E-state index contributed by atoms with van der Waals surface area (Å²) in [5.41, 5.74) is 0.722. The Kier molecular flexibility index (Phi) is 7.48. The summed E-state index contributed by atoms with van der Waals surface area (Å²) in [5, 5.41) is 5.94. The van der Waals surface area contributed by atoms with E-state index in [4.69, 9.17) is 0 Å². The number of carbonyl (C=O) groups is 1. The Hall–Kier alpha value is -1.89. The fraction of sp³-hybridized carbons (Fsp3) is 0.667. The molecule has 0 spiro atoms. The maximum atomic E-state index is 12.4. The van der Waals surface area contributed by atoms with Crippen LogP contribution in [0.15, 0.2) is 24.3 Å². The fourth-order valence-corrected chi connectivity index (χ4v) is 4.29. The molecule has 1 aliphatic carbocycles. The monoisotopic (exact) mass is 395 g/mol. The first-order valence-electron chi connectivity index (χ1n) is 10.3. The third-order valence-electron chi connectivity index (χ3n) is 5.84. The molecule has 1 aromatic carbocycles. The molecule has 7 heteroatoms. The first kappa shape index (κ1) is 20.8. The van der Waals surface area contributed by atoms with Crippen LogP contribution in [0.2, 0.25) is 0 Å². The first-order valence-corrected chi connectivity index (χ1v) is 10.3. The number of likely N-dealkylation sites (tertiary alicyclic amines) is 1. The van der Waals surface area contributed by atoms with Crippen molar-refractivity contribution in [1.82, 2.24) is 15.5 Å². The number of halogens is 2. The minimum Gasteiger partial charge on any atom is -0.435 e. The van der Waals surface area contributed by atoms with Crippen LogP contribution in [0.1, 0.15) is 57.1 Å². The summed E-state index contributed by atoms with van der Waals surface area (Å²) in [5.74, 6) is 0.953. The van der Waals surface area contributed by atoms with Crippen LogP contribution >= 0.6 is 0 Å². The summed E-state index contributed by atoms with van der Waals surface area (Å²) in [6.07, 6.45) is 7.40. The molecule has 156 valence electrons. The van der Waals surface area contributed by atoms with Crippen LogP contribution in [-0.4, -0.2) is 43.2 Å². The van der Waals surface area contributed by atoms with Crippen molar-refractivity contribution in [3.05, 3.63) is 29.8 Å². The van der Waals surface area contributed by atoms with Gasteiger partial charge in [0.25, 0.3) is 0 Å². The number of amides is 2. The SMILES string of the molecule is CC(NC(=O)NC1CCN(CC2CCCC2)CC1)c1cccc(OC(F)F)c1. The minimum absolute atomic E-state index is 0.0937. The second-order valence-corrected chi connectivity index (χ2v) is 8.02. The Labute approximate surface area is 165 Å². The van der Waals surface area contributed by atoms with Gasteiger partial charge in [0.15, 0.2) is 0 Å². The van der Waals surface area contributed by atoms with Gasteiger partial charge in [0.05, 0.1) is 6.04 Å². The molecule has 1 atom stereocenters. The minimum atomic E-state index is -2.86. The number of carbonyl (C=O) groups excluding carboxylic acids is 1. The van der Waals surface area contributed by atoms with Crippen molar-refractivity contribution in [2.45, 2.75) is 64.1 Å². The molecule has 5 nitrogen and oxygen atoms in total. The number of nitrogens with one attached hydrogen (secondary N) is 2. The number of urea groups is 1. The molecule has 28 heavy (non-hydrogen) atoms. The highest BCUT2D eigenvalue weighted by atomic mass is 19.3. The Morgan fingerprint density at radius 3 is 2.61 bits per heavy atom. The third-order valence-corrected chi connectivity index (χ3v) is 5.84. The van der Waals surface area contributed by atoms with Gasteiger partial charge in [-0.1, -0.05) is 25.0 Å². The van der Waals surface area contributed by atoms with E-state index in [9.17, 15) is 13.6 Å². The molecule has 0 bridgehead atoms.